The molecule has 0 spiro atoms. The zero-order valence-electron chi connectivity index (χ0n) is 22.0. The van der Waals surface area contributed by atoms with E-state index in [1.807, 2.05) is 0 Å². The van der Waals surface area contributed by atoms with Gasteiger partial charge in [-0.15, -0.1) is 0 Å². The minimum absolute atomic E-state index is 0.0546. The number of ether oxygens (including phenoxy) is 1. The van der Waals surface area contributed by atoms with Gasteiger partial charge < -0.3 is 4.74 Å². The van der Waals surface area contributed by atoms with Crippen LogP contribution in [0.4, 0.5) is 0 Å². The zero-order valence-corrected chi connectivity index (χ0v) is 22.0. The van der Waals surface area contributed by atoms with Crippen LogP contribution in [0, 0.1) is 46.3 Å². The van der Waals surface area contributed by atoms with Crippen LogP contribution in [-0.2, 0) is 14.3 Å². The molecule has 4 rings (SSSR count). The number of esters is 1. The van der Waals surface area contributed by atoms with E-state index in [1.165, 1.54) is 77.0 Å². The van der Waals surface area contributed by atoms with E-state index in [4.69, 9.17) is 4.74 Å². The number of hydrogen-bond donors (Lipinski definition) is 0. The van der Waals surface area contributed by atoms with Crippen LogP contribution in [0.1, 0.15) is 124 Å². The second kappa shape index (κ2) is 10.4. The molecule has 0 amide bonds. The summed E-state index contributed by atoms with van der Waals surface area (Å²) in [4.78, 5) is 25.2. The minimum Gasteiger partial charge on any atom is -0.469 e. The Hall–Kier alpha value is -0.860. The number of fused-ring (bicyclic) bond motifs is 5. The maximum atomic E-state index is 13.0. The summed E-state index contributed by atoms with van der Waals surface area (Å²) >= 11 is 0. The Morgan fingerprint density at radius 2 is 1.67 bits per heavy atom. The summed E-state index contributed by atoms with van der Waals surface area (Å²) in [5.41, 5.74) is 0.659. The van der Waals surface area contributed by atoms with E-state index in [0.717, 1.165) is 43.4 Å². The van der Waals surface area contributed by atoms with E-state index in [1.54, 1.807) is 7.11 Å². The molecule has 3 heteroatoms. The molecular formula is C30H50O3. The Balaban J connectivity index is 1.45. The molecule has 0 aromatic rings. The molecule has 188 valence electrons. The number of carbonyl (C=O) groups is 2. The first-order chi connectivity index (χ1) is 15.8. The van der Waals surface area contributed by atoms with Crippen molar-refractivity contribution in [2.45, 2.75) is 124 Å². The van der Waals surface area contributed by atoms with Crippen LogP contribution < -0.4 is 0 Å². The van der Waals surface area contributed by atoms with Gasteiger partial charge in [0.05, 0.1) is 13.0 Å². The van der Waals surface area contributed by atoms with Gasteiger partial charge in [-0.25, -0.2) is 0 Å². The lowest BCUT2D eigenvalue weighted by atomic mass is 9.44. The minimum atomic E-state index is 0.0546. The molecular weight excluding hydrogens is 408 g/mol. The second-order valence-electron chi connectivity index (χ2n) is 12.8. The summed E-state index contributed by atoms with van der Waals surface area (Å²) in [5, 5.41) is 0. The van der Waals surface area contributed by atoms with Crippen molar-refractivity contribution in [2.24, 2.45) is 46.3 Å². The van der Waals surface area contributed by atoms with Gasteiger partial charge in [-0.05, 0) is 91.8 Å². The van der Waals surface area contributed by atoms with Crippen molar-refractivity contribution in [1.29, 1.82) is 0 Å². The van der Waals surface area contributed by atoms with Gasteiger partial charge in [0.2, 0.25) is 0 Å². The van der Waals surface area contributed by atoms with Gasteiger partial charge >= 0.3 is 5.97 Å². The number of rotatable bonds is 9. The number of unbranched alkanes of at least 4 members (excludes halogenated alkanes) is 5. The molecule has 8 atom stereocenters. The summed E-state index contributed by atoms with van der Waals surface area (Å²) < 4.78 is 5.38. The fourth-order valence-corrected chi connectivity index (χ4v) is 9.53. The van der Waals surface area contributed by atoms with E-state index in [0.29, 0.717) is 23.0 Å². The third-order valence-corrected chi connectivity index (χ3v) is 11.4. The van der Waals surface area contributed by atoms with Gasteiger partial charge in [-0.3, -0.25) is 9.59 Å². The summed E-state index contributed by atoms with van der Waals surface area (Å²) in [6.45, 7) is 7.34. The largest absolute Gasteiger partial charge is 0.469 e. The summed E-state index contributed by atoms with van der Waals surface area (Å²) in [7, 11) is 1.59. The van der Waals surface area contributed by atoms with Crippen molar-refractivity contribution in [2.75, 3.05) is 7.11 Å². The van der Waals surface area contributed by atoms with Gasteiger partial charge in [-0.1, -0.05) is 59.3 Å². The third kappa shape index (κ3) is 4.68. The quantitative estimate of drug-likeness (QED) is 0.262. The molecule has 0 bridgehead atoms. The first-order valence-corrected chi connectivity index (χ1v) is 14.4. The SMILES string of the molecule is CCCCCCCC[C@@H](C(=O)OC)[C@H]1CC[C@H]2[C@@H]3CC[C@H]4CC(=O)CC[C@]4(C)[C@H]3CC[C@]12C. The maximum Gasteiger partial charge on any atom is 0.308 e. The van der Waals surface area contributed by atoms with E-state index in [-0.39, 0.29) is 17.3 Å². The van der Waals surface area contributed by atoms with Crippen molar-refractivity contribution >= 4 is 11.8 Å². The maximum absolute atomic E-state index is 13.0. The normalized spacial score (nSPS) is 41.1. The van der Waals surface area contributed by atoms with Gasteiger partial charge in [0.1, 0.15) is 5.78 Å². The fraction of sp³-hybridized carbons (Fsp3) is 0.933. The van der Waals surface area contributed by atoms with Crippen molar-refractivity contribution in [1.82, 2.24) is 0 Å². The van der Waals surface area contributed by atoms with Crippen molar-refractivity contribution in [3.63, 3.8) is 0 Å². The number of Topliss-reactive ketones (excluding diaryl/α,β-unsaturated/α-hetero) is 1. The smallest absolute Gasteiger partial charge is 0.308 e. The highest BCUT2D eigenvalue weighted by Gasteiger charge is 2.61. The molecule has 0 unspecified atom stereocenters. The van der Waals surface area contributed by atoms with Crippen molar-refractivity contribution in [3.8, 4) is 0 Å². The van der Waals surface area contributed by atoms with Gasteiger partial charge in [0.25, 0.3) is 0 Å². The molecule has 4 aliphatic rings. The Morgan fingerprint density at radius 1 is 0.939 bits per heavy atom. The Morgan fingerprint density at radius 3 is 2.42 bits per heavy atom. The standard InChI is InChI=1S/C30H50O3/c1-5-6-7-8-9-10-11-24(28(32)33-4)26-15-14-25-23-13-12-21-20-22(31)16-18-29(21,2)27(23)17-19-30(25,26)3/h21,23-27H,5-20H2,1-4H3/t21-,23-,24+,25-,26+,27-,29-,30-/m0/s1. The highest BCUT2D eigenvalue weighted by molar-refractivity contribution is 5.79. The van der Waals surface area contributed by atoms with Gasteiger partial charge in [0, 0.05) is 12.8 Å². The Kier molecular flexibility index (Phi) is 7.96. The van der Waals surface area contributed by atoms with E-state index >= 15 is 0 Å². The zero-order chi connectivity index (χ0) is 23.6. The molecule has 0 aliphatic heterocycles. The molecule has 3 nitrogen and oxygen atoms in total. The highest BCUT2D eigenvalue weighted by atomic mass is 16.5. The van der Waals surface area contributed by atoms with Crippen LogP contribution in [0.15, 0.2) is 0 Å². The molecule has 4 fully saturated rings. The molecule has 0 saturated heterocycles. The first kappa shape index (κ1) is 25.2. The molecule has 0 heterocycles. The molecule has 0 N–H and O–H groups in total. The predicted octanol–water partition coefficient (Wildman–Crippen LogP) is 7.75. The van der Waals surface area contributed by atoms with Crippen LogP contribution in [0.2, 0.25) is 0 Å². The van der Waals surface area contributed by atoms with Crippen LogP contribution >= 0.6 is 0 Å². The average molecular weight is 459 g/mol. The van der Waals surface area contributed by atoms with E-state index in [2.05, 4.69) is 20.8 Å². The lowest BCUT2D eigenvalue weighted by Crippen LogP contribution is -2.54. The molecule has 33 heavy (non-hydrogen) atoms. The fourth-order valence-electron chi connectivity index (χ4n) is 9.53. The Labute approximate surface area is 203 Å². The summed E-state index contributed by atoms with van der Waals surface area (Å²) in [6, 6.07) is 0. The van der Waals surface area contributed by atoms with Crippen molar-refractivity contribution in [3.05, 3.63) is 0 Å². The van der Waals surface area contributed by atoms with Crippen LogP contribution in [0.5, 0.6) is 0 Å². The van der Waals surface area contributed by atoms with E-state index < -0.39 is 0 Å². The Bertz CT molecular complexity index is 701. The third-order valence-electron chi connectivity index (χ3n) is 11.4. The molecule has 4 saturated carbocycles. The number of carbonyl (C=O) groups excluding carboxylic acids is 2. The molecule has 0 radical (unpaired) electrons. The lowest BCUT2D eigenvalue weighted by molar-refractivity contribution is -0.154. The highest BCUT2D eigenvalue weighted by Crippen LogP contribution is 2.68. The first-order valence-electron chi connectivity index (χ1n) is 14.4. The van der Waals surface area contributed by atoms with Gasteiger partial charge in [-0.2, -0.15) is 0 Å². The monoisotopic (exact) mass is 458 g/mol. The molecule has 0 aromatic heterocycles. The summed E-state index contributed by atoms with van der Waals surface area (Å²) in [6.07, 6.45) is 19.1. The summed E-state index contributed by atoms with van der Waals surface area (Å²) in [5.74, 6) is 4.11. The lowest BCUT2D eigenvalue weighted by Gasteiger charge is -2.60. The topological polar surface area (TPSA) is 43.4 Å². The van der Waals surface area contributed by atoms with Crippen LogP contribution in [-0.4, -0.2) is 18.9 Å². The predicted molar refractivity (Wildman–Crippen MR) is 134 cm³/mol. The van der Waals surface area contributed by atoms with Crippen molar-refractivity contribution < 1.29 is 14.3 Å². The molecule has 0 aromatic carbocycles. The number of methoxy groups -OCH3 is 1. The average Bonchev–Trinajstić information content (AvgIpc) is 3.15. The number of ketones is 1. The van der Waals surface area contributed by atoms with Crippen LogP contribution in [0.25, 0.3) is 0 Å². The molecule has 4 aliphatic carbocycles. The van der Waals surface area contributed by atoms with Gasteiger partial charge in [0.15, 0.2) is 0 Å². The van der Waals surface area contributed by atoms with Crippen LogP contribution in [0.3, 0.4) is 0 Å². The number of hydrogen-bond acceptors (Lipinski definition) is 3. The van der Waals surface area contributed by atoms with E-state index in [9.17, 15) is 9.59 Å². The second-order valence-corrected chi connectivity index (χ2v) is 12.8.